The quantitative estimate of drug-likeness (QED) is 0.734. The van der Waals surface area contributed by atoms with Crippen molar-refractivity contribution in [2.24, 2.45) is 23.5 Å². The summed E-state index contributed by atoms with van der Waals surface area (Å²) in [6.45, 7) is 2.88. The highest BCUT2D eigenvalue weighted by Gasteiger charge is 2.28. The minimum absolute atomic E-state index is 0.0812. The normalized spacial score (nSPS) is 34.2. The van der Waals surface area contributed by atoms with Crippen LogP contribution in [0.5, 0.6) is 0 Å². The van der Waals surface area contributed by atoms with Crippen molar-refractivity contribution in [1.29, 1.82) is 0 Å². The summed E-state index contributed by atoms with van der Waals surface area (Å²) in [5.41, 5.74) is 5.72. The highest BCUT2D eigenvalue weighted by molar-refractivity contribution is 5.78. The van der Waals surface area contributed by atoms with Gasteiger partial charge >= 0.3 is 0 Å². The number of nitrogens with one attached hydrogen (secondary N) is 1. The second-order valence-corrected chi connectivity index (χ2v) is 4.99. The van der Waals surface area contributed by atoms with Gasteiger partial charge in [0.05, 0.1) is 12.5 Å². The van der Waals surface area contributed by atoms with Crippen LogP contribution >= 0.6 is 0 Å². The summed E-state index contributed by atoms with van der Waals surface area (Å²) in [5.74, 6) is 1.45. The Bertz CT molecular complexity index is 239. The van der Waals surface area contributed by atoms with Crippen LogP contribution in [-0.2, 0) is 9.53 Å². The zero-order valence-electron chi connectivity index (χ0n) is 9.78. The van der Waals surface area contributed by atoms with Gasteiger partial charge in [-0.25, -0.2) is 0 Å². The van der Waals surface area contributed by atoms with Gasteiger partial charge in [-0.05, 0) is 37.6 Å². The van der Waals surface area contributed by atoms with E-state index in [-0.39, 0.29) is 11.8 Å². The van der Waals surface area contributed by atoms with Crippen molar-refractivity contribution < 1.29 is 9.53 Å². The molecule has 3 unspecified atom stereocenters. The average Bonchev–Trinajstić information content (AvgIpc) is 2.96. The highest BCUT2D eigenvalue weighted by atomic mass is 16.5. The molecule has 1 amide bonds. The maximum absolute atomic E-state index is 11.8. The van der Waals surface area contributed by atoms with Crippen molar-refractivity contribution in [3.63, 3.8) is 0 Å². The highest BCUT2D eigenvalue weighted by Crippen LogP contribution is 2.30. The van der Waals surface area contributed by atoms with Gasteiger partial charge < -0.3 is 15.8 Å². The minimum Gasteiger partial charge on any atom is -0.381 e. The van der Waals surface area contributed by atoms with Crippen molar-refractivity contribution in [1.82, 2.24) is 5.32 Å². The first-order valence-corrected chi connectivity index (χ1v) is 6.36. The van der Waals surface area contributed by atoms with E-state index in [1.54, 1.807) is 0 Å². The van der Waals surface area contributed by atoms with Crippen LogP contribution in [0.15, 0.2) is 0 Å². The number of nitrogens with two attached hydrogens (primary N) is 1. The third-order valence-corrected chi connectivity index (χ3v) is 3.96. The lowest BCUT2D eigenvalue weighted by Crippen LogP contribution is -2.36. The molecule has 2 aliphatic rings. The molecule has 1 saturated heterocycles. The van der Waals surface area contributed by atoms with Gasteiger partial charge in [0.25, 0.3) is 0 Å². The standard InChI is InChI=1S/C12H22N2O2/c13-6-9-2-1-3-10(9)7-14-12(15)11-4-5-16-8-11/h9-11H,1-8,13H2,(H,14,15). The molecule has 1 aliphatic carbocycles. The summed E-state index contributed by atoms with van der Waals surface area (Å²) in [7, 11) is 0. The van der Waals surface area contributed by atoms with E-state index in [4.69, 9.17) is 10.5 Å². The fourth-order valence-corrected chi connectivity index (χ4v) is 2.81. The molecule has 92 valence electrons. The maximum atomic E-state index is 11.8. The van der Waals surface area contributed by atoms with Crippen LogP contribution in [-0.4, -0.2) is 32.2 Å². The number of ether oxygens (including phenoxy) is 1. The number of carbonyl (C=O) groups excluding carboxylic acids is 1. The van der Waals surface area contributed by atoms with Gasteiger partial charge in [0.15, 0.2) is 0 Å². The molecule has 4 heteroatoms. The summed E-state index contributed by atoms with van der Waals surface area (Å²) in [6.07, 6.45) is 4.57. The van der Waals surface area contributed by atoms with E-state index in [0.717, 1.165) is 26.1 Å². The molecule has 0 aromatic heterocycles. The summed E-state index contributed by atoms with van der Waals surface area (Å²) in [5, 5.41) is 3.06. The molecule has 0 spiro atoms. The first-order chi connectivity index (χ1) is 7.81. The summed E-state index contributed by atoms with van der Waals surface area (Å²) >= 11 is 0. The summed E-state index contributed by atoms with van der Waals surface area (Å²) in [6, 6.07) is 0. The Balaban J connectivity index is 1.71. The van der Waals surface area contributed by atoms with E-state index < -0.39 is 0 Å². The van der Waals surface area contributed by atoms with E-state index in [1.165, 1.54) is 19.3 Å². The molecule has 3 N–H and O–H groups in total. The Kier molecular flexibility index (Phi) is 4.18. The SMILES string of the molecule is NCC1CCCC1CNC(=O)C1CCOC1. The first kappa shape index (κ1) is 11.9. The minimum atomic E-state index is 0.0812. The second kappa shape index (κ2) is 5.64. The molecule has 1 heterocycles. The van der Waals surface area contributed by atoms with Gasteiger partial charge in [0.2, 0.25) is 5.91 Å². The van der Waals surface area contributed by atoms with Crippen molar-refractivity contribution in [2.45, 2.75) is 25.7 Å². The Labute approximate surface area is 96.9 Å². The molecule has 1 saturated carbocycles. The lowest BCUT2D eigenvalue weighted by Gasteiger charge is -2.19. The smallest absolute Gasteiger partial charge is 0.225 e. The number of hydrogen-bond acceptors (Lipinski definition) is 3. The second-order valence-electron chi connectivity index (χ2n) is 4.99. The zero-order valence-corrected chi connectivity index (χ0v) is 9.78. The number of amides is 1. The van der Waals surface area contributed by atoms with E-state index >= 15 is 0 Å². The molecule has 0 aromatic carbocycles. The molecule has 2 rings (SSSR count). The van der Waals surface area contributed by atoms with E-state index in [9.17, 15) is 4.79 Å². The molecule has 3 atom stereocenters. The molecule has 16 heavy (non-hydrogen) atoms. The number of carbonyl (C=O) groups is 1. The summed E-state index contributed by atoms with van der Waals surface area (Å²) in [4.78, 5) is 11.8. The molecule has 0 radical (unpaired) electrons. The van der Waals surface area contributed by atoms with Gasteiger partial charge in [-0.1, -0.05) is 6.42 Å². The topological polar surface area (TPSA) is 64.3 Å². The summed E-state index contributed by atoms with van der Waals surface area (Å²) < 4.78 is 5.21. The van der Waals surface area contributed by atoms with E-state index in [2.05, 4.69) is 5.32 Å². The van der Waals surface area contributed by atoms with Crippen LogP contribution in [0.25, 0.3) is 0 Å². The van der Waals surface area contributed by atoms with Crippen LogP contribution in [0.1, 0.15) is 25.7 Å². The van der Waals surface area contributed by atoms with Crippen LogP contribution in [0.3, 0.4) is 0 Å². The Morgan fingerprint density at radius 2 is 2.12 bits per heavy atom. The van der Waals surface area contributed by atoms with Gasteiger partial charge in [0, 0.05) is 13.2 Å². The zero-order chi connectivity index (χ0) is 11.4. The third-order valence-electron chi connectivity index (χ3n) is 3.96. The molecule has 2 fully saturated rings. The lowest BCUT2D eigenvalue weighted by molar-refractivity contribution is -0.125. The van der Waals surface area contributed by atoms with Gasteiger partial charge in [-0.2, -0.15) is 0 Å². The number of rotatable bonds is 4. The molecule has 4 nitrogen and oxygen atoms in total. The average molecular weight is 226 g/mol. The molecule has 1 aliphatic heterocycles. The Morgan fingerprint density at radius 1 is 1.31 bits per heavy atom. The molecule has 0 bridgehead atoms. The molecular weight excluding hydrogens is 204 g/mol. The third kappa shape index (κ3) is 2.74. The molecule has 0 aromatic rings. The van der Waals surface area contributed by atoms with Gasteiger partial charge in [-0.3, -0.25) is 4.79 Å². The Hall–Kier alpha value is -0.610. The number of hydrogen-bond donors (Lipinski definition) is 2. The van der Waals surface area contributed by atoms with E-state index in [1.807, 2.05) is 0 Å². The van der Waals surface area contributed by atoms with Crippen molar-refractivity contribution >= 4 is 5.91 Å². The molecular formula is C12H22N2O2. The van der Waals surface area contributed by atoms with Gasteiger partial charge in [0.1, 0.15) is 0 Å². The van der Waals surface area contributed by atoms with Crippen molar-refractivity contribution in [3.8, 4) is 0 Å². The lowest BCUT2D eigenvalue weighted by atomic mass is 9.96. The predicted molar refractivity (Wildman–Crippen MR) is 61.8 cm³/mol. The van der Waals surface area contributed by atoms with Crippen molar-refractivity contribution in [3.05, 3.63) is 0 Å². The fraction of sp³-hybridized carbons (Fsp3) is 0.917. The Morgan fingerprint density at radius 3 is 2.81 bits per heavy atom. The fourth-order valence-electron chi connectivity index (χ4n) is 2.81. The first-order valence-electron chi connectivity index (χ1n) is 6.36. The van der Waals surface area contributed by atoms with Crippen LogP contribution in [0.4, 0.5) is 0 Å². The van der Waals surface area contributed by atoms with Crippen LogP contribution in [0, 0.1) is 17.8 Å². The predicted octanol–water partition coefficient (Wildman–Crippen LogP) is 0.514. The van der Waals surface area contributed by atoms with E-state index in [0.29, 0.717) is 18.4 Å². The van der Waals surface area contributed by atoms with Crippen molar-refractivity contribution in [2.75, 3.05) is 26.3 Å². The monoisotopic (exact) mass is 226 g/mol. The van der Waals surface area contributed by atoms with Crippen LogP contribution < -0.4 is 11.1 Å². The maximum Gasteiger partial charge on any atom is 0.225 e. The van der Waals surface area contributed by atoms with Gasteiger partial charge in [-0.15, -0.1) is 0 Å². The largest absolute Gasteiger partial charge is 0.381 e. The van der Waals surface area contributed by atoms with Crippen LogP contribution in [0.2, 0.25) is 0 Å².